The van der Waals surface area contributed by atoms with Crippen LogP contribution in [0.5, 0.6) is 0 Å². The number of nitrogens with zero attached hydrogens (tertiary/aromatic N) is 3. The highest BCUT2D eigenvalue weighted by Crippen LogP contribution is 2.48. The van der Waals surface area contributed by atoms with E-state index >= 15 is 0 Å². The highest BCUT2D eigenvalue weighted by atomic mass is 16.3. The van der Waals surface area contributed by atoms with Crippen LogP contribution in [0, 0.1) is 0 Å². The fourth-order valence-corrected chi connectivity index (χ4v) is 8.90. The molecular formula is C48H29N3O. The minimum atomic E-state index is 0.868. The second-order valence-electron chi connectivity index (χ2n) is 13.7. The molecule has 0 aliphatic rings. The minimum absolute atomic E-state index is 0.868. The molecule has 0 aliphatic carbocycles. The van der Waals surface area contributed by atoms with Crippen molar-refractivity contribution >= 4 is 93.6 Å². The standard InChI is InChI=1S/C48H29N3O/c1-2-13-30(14-3-1)32-15-4-8-19-38(32)49(42-22-12-24-45-46(42)37-18-7-11-23-44(37)52-45)31-25-28-41-43(29-31)51-40-21-10-6-17-34(40)36-27-26-35-33-16-5-9-20-39(33)50(41)47(35)48(36)51/h1-29H. The third-order valence-electron chi connectivity index (χ3n) is 11.0. The smallest absolute Gasteiger partial charge is 0.137 e. The Labute approximate surface area is 297 Å². The molecule has 4 heteroatoms. The summed E-state index contributed by atoms with van der Waals surface area (Å²) in [5.74, 6) is 0. The SMILES string of the molecule is c1ccc(-c2ccccc2N(c2ccc3c(c2)n2c4ccccc4c4ccc5c6ccccc6n3c5c42)c2cccc3oc4ccccc4c23)cc1. The Morgan fingerprint density at radius 3 is 1.75 bits per heavy atom. The van der Waals surface area contributed by atoms with Crippen LogP contribution in [0.2, 0.25) is 0 Å². The molecule has 0 unspecified atom stereocenters. The van der Waals surface area contributed by atoms with Crippen LogP contribution in [0.1, 0.15) is 0 Å². The number of para-hydroxylation sites is 4. The van der Waals surface area contributed by atoms with Crippen molar-refractivity contribution in [2.24, 2.45) is 0 Å². The Kier molecular flexibility index (Phi) is 5.47. The summed E-state index contributed by atoms with van der Waals surface area (Å²) in [5.41, 5.74) is 14.6. The van der Waals surface area contributed by atoms with Crippen LogP contribution in [0.25, 0.3) is 87.7 Å². The van der Waals surface area contributed by atoms with E-state index in [4.69, 9.17) is 4.42 Å². The molecular weight excluding hydrogens is 635 g/mol. The second kappa shape index (κ2) is 10.3. The van der Waals surface area contributed by atoms with Gasteiger partial charge in [-0.15, -0.1) is 0 Å². The minimum Gasteiger partial charge on any atom is -0.456 e. The van der Waals surface area contributed by atoms with E-state index < -0.39 is 0 Å². The lowest BCUT2D eigenvalue weighted by Crippen LogP contribution is -2.12. The Balaban J connectivity index is 1.25. The van der Waals surface area contributed by atoms with E-state index in [1.54, 1.807) is 0 Å². The van der Waals surface area contributed by atoms with Crippen molar-refractivity contribution in [1.82, 2.24) is 8.80 Å². The molecule has 52 heavy (non-hydrogen) atoms. The van der Waals surface area contributed by atoms with Crippen molar-refractivity contribution in [2.45, 2.75) is 0 Å². The maximum Gasteiger partial charge on any atom is 0.137 e. The molecule has 0 saturated heterocycles. The summed E-state index contributed by atoms with van der Waals surface area (Å²) >= 11 is 0. The molecule has 0 fully saturated rings. The summed E-state index contributed by atoms with van der Waals surface area (Å²) in [6.45, 7) is 0. The molecule has 0 atom stereocenters. The highest BCUT2D eigenvalue weighted by molar-refractivity contribution is 6.25. The summed E-state index contributed by atoms with van der Waals surface area (Å²) in [7, 11) is 0. The third-order valence-corrected chi connectivity index (χ3v) is 11.0. The highest BCUT2D eigenvalue weighted by Gasteiger charge is 2.25. The zero-order valence-corrected chi connectivity index (χ0v) is 28.0. The van der Waals surface area contributed by atoms with Crippen LogP contribution < -0.4 is 4.90 Å². The molecule has 0 amide bonds. The van der Waals surface area contributed by atoms with Gasteiger partial charge in [0.1, 0.15) is 11.2 Å². The first-order chi connectivity index (χ1) is 25.8. The summed E-state index contributed by atoms with van der Waals surface area (Å²) < 4.78 is 11.4. The molecule has 0 aliphatic heterocycles. The Morgan fingerprint density at radius 1 is 0.385 bits per heavy atom. The molecule has 242 valence electrons. The van der Waals surface area contributed by atoms with Gasteiger partial charge in [0.15, 0.2) is 0 Å². The van der Waals surface area contributed by atoms with Crippen molar-refractivity contribution in [2.75, 3.05) is 4.90 Å². The molecule has 0 radical (unpaired) electrons. The average Bonchev–Trinajstić information content (AvgIpc) is 3.87. The quantitative estimate of drug-likeness (QED) is 0.175. The fourth-order valence-electron chi connectivity index (χ4n) is 8.90. The van der Waals surface area contributed by atoms with Crippen molar-refractivity contribution in [3.63, 3.8) is 0 Å². The van der Waals surface area contributed by atoms with Gasteiger partial charge in [-0.3, -0.25) is 0 Å². The lowest BCUT2D eigenvalue weighted by atomic mass is 10.0. The van der Waals surface area contributed by atoms with E-state index in [0.717, 1.165) is 50.1 Å². The molecule has 0 N–H and O–H groups in total. The van der Waals surface area contributed by atoms with Crippen molar-refractivity contribution in [3.8, 4) is 11.1 Å². The number of hydrogen-bond donors (Lipinski definition) is 0. The monoisotopic (exact) mass is 663 g/mol. The van der Waals surface area contributed by atoms with Gasteiger partial charge in [0.25, 0.3) is 0 Å². The second-order valence-corrected chi connectivity index (χ2v) is 13.7. The van der Waals surface area contributed by atoms with Gasteiger partial charge in [-0.1, -0.05) is 121 Å². The van der Waals surface area contributed by atoms with Gasteiger partial charge in [0.05, 0.1) is 49.9 Å². The van der Waals surface area contributed by atoms with Crippen LogP contribution in [-0.4, -0.2) is 8.80 Å². The molecule has 0 spiro atoms. The van der Waals surface area contributed by atoms with E-state index in [-0.39, 0.29) is 0 Å². The first-order valence-electron chi connectivity index (χ1n) is 17.8. The van der Waals surface area contributed by atoms with Gasteiger partial charge < -0.3 is 18.1 Å². The average molecular weight is 664 g/mol. The van der Waals surface area contributed by atoms with Gasteiger partial charge in [0, 0.05) is 38.2 Å². The number of benzene rings is 8. The Bertz CT molecular complexity index is 3360. The third kappa shape index (κ3) is 3.60. The molecule has 4 aromatic heterocycles. The first kappa shape index (κ1) is 27.7. The summed E-state index contributed by atoms with van der Waals surface area (Å²) in [6, 6.07) is 63.5. The molecule has 0 bridgehead atoms. The number of anilines is 3. The van der Waals surface area contributed by atoms with E-state index in [1.165, 1.54) is 54.7 Å². The summed E-state index contributed by atoms with van der Waals surface area (Å²) in [6.07, 6.45) is 0. The molecule has 4 heterocycles. The molecule has 12 rings (SSSR count). The van der Waals surface area contributed by atoms with E-state index in [2.05, 4.69) is 184 Å². The van der Waals surface area contributed by atoms with Crippen LogP contribution >= 0.6 is 0 Å². The topological polar surface area (TPSA) is 25.2 Å². The predicted octanol–water partition coefficient (Wildman–Crippen LogP) is 13.3. The van der Waals surface area contributed by atoms with Crippen LogP contribution in [-0.2, 0) is 0 Å². The zero-order valence-electron chi connectivity index (χ0n) is 28.0. The van der Waals surface area contributed by atoms with Gasteiger partial charge in [-0.25, -0.2) is 0 Å². The van der Waals surface area contributed by atoms with Gasteiger partial charge in [-0.05, 0) is 60.2 Å². The zero-order chi connectivity index (χ0) is 33.9. The number of furan rings is 1. The first-order valence-corrected chi connectivity index (χ1v) is 17.8. The number of rotatable bonds is 4. The Morgan fingerprint density at radius 2 is 0.981 bits per heavy atom. The number of aromatic nitrogens is 2. The molecule has 0 saturated carbocycles. The Hall–Kier alpha value is -7.04. The van der Waals surface area contributed by atoms with E-state index in [9.17, 15) is 0 Å². The lowest BCUT2D eigenvalue weighted by molar-refractivity contribution is 0.669. The molecule has 12 aromatic rings. The predicted molar refractivity (Wildman–Crippen MR) is 217 cm³/mol. The van der Waals surface area contributed by atoms with Crippen LogP contribution in [0.4, 0.5) is 17.1 Å². The molecule has 8 aromatic carbocycles. The van der Waals surface area contributed by atoms with Gasteiger partial charge in [-0.2, -0.15) is 0 Å². The lowest BCUT2D eigenvalue weighted by Gasteiger charge is -2.29. The fraction of sp³-hybridized carbons (Fsp3) is 0. The maximum atomic E-state index is 6.47. The number of fused-ring (bicyclic) bond motifs is 12. The summed E-state index contributed by atoms with van der Waals surface area (Å²) in [4.78, 5) is 2.43. The number of hydrogen-bond acceptors (Lipinski definition) is 2. The largest absolute Gasteiger partial charge is 0.456 e. The normalized spacial score (nSPS) is 12.2. The van der Waals surface area contributed by atoms with Crippen molar-refractivity contribution in [1.29, 1.82) is 0 Å². The molecule has 4 nitrogen and oxygen atoms in total. The van der Waals surface area contributed by atoms with E-state index in [0.29, 0.717) is 0 Å². The van der Waals surface area contributed by atoms with Gasteiger partial charge in [0.2, 0.25) is 0 Å². The van der Waals surface area contributed by atoms with Gasteiger partial charge >= 0.3 is 0 Å². The van der Waals surface area contributed by atoms with Crippen LogP contribution in [0.3, 0.4) is 0 Å². The van der Waals surface area contributed by atoms with Crippen molar-refractivity contribution in [3.05, 3.63) is 176 Å². The van der Waals surface area contributed by atoms with Crippen LogP contribution in [0.15, 0.2) is 180 Å². The maximum absolute atomic E-state index is 6.47. The van der Waals surface area contributed by atoms with E-state index in [1.807, 2.05) is 6.07 Å². The van der Waals surface area contributed by atoms with Crippen molar-refractivity contribution < 1.29 is 4.42 Å². The summed E-state index contributed by atoms with van der Waals surface area (Å²) in [5, 5.41) is 7.26.